The van der Waals surface area contributed by atoms with Gasteiger partial charge in [0, 0.05) is 16.8 Å². The minimum Gasteiger partial charge on any atom is -0.309 e. The van der Waals surface area contributed by atoms with E-state index in [1.165, 1.54) is 71.3 Å². The van der Waals surface area contributed by atoms with Crippen LogP contribution < -0.4 is 4.90 Å². The number of hydrogen-bond acceptors (Lipinski definition) is 1. The van der Waals surface area contributed by atoms with E-state index in [1.807, 2.05) is 0 Å². The number of hydrogen-bond donors (Lipinski definition) is 0. The van der Waals surface area contributed by atoms with Crippen LogP contribution in [0.1, 0.15) is 0 Å². The predicted molar refractivity (Wildman–Crippen MR) is 261 cm³/mol. The molecular formula is C60H41N. The standard InChI is InChI=1S/C60H41N/c1-4-18-42(19-5-1)47-37-39-59(57(41-47)44-22-8-3-9-23-44)61(49-28-14-27-48(40-49)51-31-17-33-53-50-29-11-10-24-45(50)36-38-54(51)53)58-35-13-12-30-55(58)56-34-16-26-46-25-15-32-52(60(46)56)43-20-6-2-7-21-43/h1-41H. The van der Waals surface area contributed by atoms with Crippen LogP contribution in [0.3, 0.4) is 0 Å². The van der Waals surface area contributed by atoms with Crippen molar-refractivity contribution >= 4 is 49.4 Å². The Hall–Kier alpha value is -8.00. The van der Waals surface area contributed by atoms with Crippen LogP contribution in [0.2, 0.25) is 0 Å². The van der Waals surface area contributed by atoms with Crippen molar-refractivity contribution in [3.8, 4) is 55.6 Å². The summed E-state index contributed by atoms with van der Waals surface area (Å²) < 4.78 is 0. The molecule has 1 nitrogen and oxygen atoms in total. The molecule has 0 saturated heterocycles. The van der Waals surface area contributed by atoms with Gasteiger partial charge in [0.2, 0.25) is 0 Å². The number of benzene rings is 11. The summed E-state index contributed by atoms with van der Waals surface area (Å²) in [6, 6.07) is 90.6. The molecule has 0 aliphatic carbocycles. The van der Waals surface area contributed by atoms with Crippen LogP contribution in [0.15, 0.2) is 249 Å². The fraction of sp³-hybridized carbons (Fsp3) is 0. The molecular weight excluding hydrogens is 735 g/mol. The number of rotatable bonds is 8. The second-order valence-electron chi connectivity index (χ2n) is 15.6. The summed E-state index contributed by atoms with van der Waals surface area (Å²) in [6.07, 6.45) is 0. The minimum absolute atomic E-state index is 1.08. The van der Waals surface area contributed by atoms with Crippen LogP contribution in [-0.4, -0.2) is 0 Å². The molecule has 0 amide bonds. The lowest BCUT2D eigenvalue weighted by Gasteiger charge is -2.31. The molecule has 11 aromatic rings. The van der Waals surface area contributed by atoms with E-state index in [1.54, 1.807) is 0 Å². The molecule has 0 aliphatic heterocycles. The average molecular weight is 776 g/mol. The quantitative estimate of drug-likeness (QED) is 0.139. The first-order valence-electron chi connectivity index (χ1n) is 21.0. The highest BCUT2D eigenvalue weighted by atomic mass is 15.1. The molecule has 61 heavy (non-hydrogen) atoms. The molecule has 0 N–H and O–H groups in total. The Labute approximate surface area is 357 Å². The third-order valence-corrected chi connectivity index (χ3v) is 12.1. The summed E-state index contributed by atoms with van der Waals surface area (Å²) in [7, 11) is 0. The van der Waals surface area contributed by atoms with Gasteiger partial charge in [-0.05, 0) is 107 Å². The van der Waals surface area contributed by atoms with Gasteiger partial charge in [0.05, 0.1) is 11.4 Å². The van der Waals surface area contributed by atoms with E-state index in [9.17, 15) is 0 Å². The van der Waals surface area contributed by atoms with Gasteiger partial charge in [-0.15, -0.1) is 0 Å². The molecule has 0 aromatic heterocycles. The zero-order valence-electron chi connectivity index (χ0n) is 33.6. The van der Waals surface area contributed by atoms with Gasteiger partial charge < -0.3 is 4.90 Å². The van der Waals surface area contributed by atoms with Crippen molar-refractivity contribution in [2.45, 2.75) is 0 Å². The third kappa shape index (κ3) is 6.63. The second kappa shape index (κ2) is 15.6. The van der Waals surface area contributed by atoms with Gasteiger partial charge in [-0.1, -0.05) is 218 Å². The van der Waals surface area contributed by atoms with Crippen LogP contribution >= 0.6 is 0 Å². The smallest absolute Gasteiger partial charge is 0.0540 e. The first-order valence-corrected chi connectivity index (χ1v) is 21.0. The third-order valence-electron chi connectivity index (χ3n) is 12.1. The zero-order valence-corrected chi connectivity index (χ0v) is 33.6. The zero-order chi connectivity index (χ0) is 40.5. The number of fused-ring (bicyclic) bond motifs is 4. The molecule has 1 heteroatoms. The normalized spacial score (nSPS) is 11.3. The molecule has 0 atom stereocenters. The van der Waals surface area contributed by atoms with Crippen LogP contribution in [-0.2, 0) is 0 Å². The van der Waals surface area contributed by atoms with Gasteiger partial charge in [0.15, 0.2) is 0 Å². The summed E-state index contributed by atoms with van der Waals surface area (Å²) in [6.45, 7) is 0. The maximum absolute atomic E-state index is 2.49. The number of para-hydroxylation sites is 1. The lowest BCUT2D eigenvalue weighted by atomic mass is 9.90. The number of anilines is 3. The summed E-state index contributed by atoms with van der Waals surface area (Å²) in [4.78, 5) is 2.49. The van der Waals surface area contributed by atoms with Gasteiger partial charge in [0.1, 0.15) is 0 Å². The summed E-state index contributed by atoms with van der Waals surface area (Å²) >= 11 is 0. The molecule has 0 bridgehead atoms. The predicted octanol–water partition coefficient (Wildman–Crippen LogP) is 17.0. The average Bonchev–Trinajstić information content (AvgIpc) is 3.34. The lowest BCUT2D eigenvalue weighted by molar-refractivity contribution is 1.28. The van der Waals surface area contributed by atoms with Gasteiger partial charge in [-0.25, -0.2) is 0 Å². The van der Waals surface area contributed by atoms with Gasteiger partial charge in [-0.2, -0.15) is 0 Å². The fourth-order valence-electron chi connectivity index (χ4n) is 9.22. The van der Waals surface area contributed by atoms with Gasteiger partial charge >= 0.3 is 0 Å². The molecule has 0 aliphatic rings. The highest BCUT2D eigenvalue weighted by Gasteiger charge is 2.23. The van der Waals surface area contributed by atoms with Crippen molar-refractivity contribution in [3.63, 3.8) is 0 Å². The first-order chi connectivity index (χ1) is 30.3. The molecule has 11 aromatic carbocycles. The van der Waals surface area contributed by atoms with Crippen molar-refractivity contribution in [3.05, 3.63) is 249 Å². The van der Waals surface area contributed by atoms with Gasteiger partial charge in [-0.3, -0.25) is 0 Å². The first kappa shape index (κ1) is 36.1. The van der Waals surface area contributed by atoms with Crippen molar-refractivity contribution in [1.29, 1.82) is 0 Å². The number of nitrogens with zero attached hydrogens (tertiary/aromatic N) is 1. The van der Waals surface area contributed by atoms with Crippen LogP contribution in [0.25, 0.3) is 88.0 Å². The van der Waals surface area contributed by atoms with Gasteiger partial charge in [0.25, 0.3) is 0 Å². The van der Waals surface area contributed by atoms with Crippen LogP contribution in [0, 0.1) is 0 Å². The van der Waals surface area contributed by atoms with Crippen LogP contribution in [0.4, 0.5) is 17.1 Å². The molecule has 0 spiro atoms. The molecule has 0 saturated carbocycles. The Bertz CT molecular complexity index is 3350. The van der Waals surface area contributed by atoms with Crippen molar-refractivity contribution in [1.82, 2.24) is 0 Å². The highest BCUT2D eigenvalue weighted by Crippen LogP contribution is 2.48. The Morgan fingerprint density at radius 1 is 0.230 bits per heavy atom. The monoisotopic (exact) mass is 775 g/mol. The van der Waals surface area contributed by atoms with E-state index >= 15 is 0 Å². The van der Waals surface area contributed by atoms with E-state index in [4.69, 9.17) is 0 Å². The second-order valence-corrected chi connectivity index (χ2v) is 15.6. The topological polar surface area (TPSA) is 3.24 Å². The fourth-order valence-corrected chi connectivity index (χ4v) is 9.22. The SMILES string of the molecule is c1ccc(-c2ccc(N(c3cccc(-c4cccc5c4ccc4ccccc45)c3)c3ccccc3-c3cccc4cccc(-c5ccccc5)c34)c(-c3ccccc3)c2)cc1. The van der Waals surface area contributed by atoms with E-state index in [0.717, 1.165) is 33.8 Å². The molecule has 0 fully saturated rings. The van der Waals surface area contributed by atoms with E-state index in [2.05, 4.69) is 254 Å². The highest BCUT2D eigenvalue weighted by molar-refractivity contribution is 6.13. The van der Waals surface area contributed by atoms with E-state index in [-0.39, 0.29) is 0 Å². The molecule has 0 unspecified atom stereocenters. The van der Waals surface area contributed by atoms with Crippen LogP contribution in [0.5, 0.6) is 0 Å². The summed E-state index contributed by atoms with van der Waals surface area (Å²) in [5.41, 5.74) is 15.1. The minimum atomic E-state index is 1.08. The van der Waals surface area contributed by atoms with E-state index in [0.29, 0.717) is 0 Å². The van der Waals surface area contributed by atoms with Crippen molar-refractivity contribution in [2.75, 3.05) is 4.90 Å². The Morgan fingerprint density at radius 3 is 1.56 bits per heavy atom. The molecule has 0 heterocycles. The molecule has 11 rings (SSSR count). The molecule has 286 valence electrons. The van der Waals surface area contributed by atoms with Crippen molar-refractivity contribution < 1.29 is 0 Å². The molecule has 0 radical (unpaired) electrons. The van der Waals surface area contributed by atoms with E-state index < -0.39 is 0 Å². The Balaban J connectivity index is 1.18. The maximum Gasteiger partial charge on any atom is 0.0540 e. The Kier molecular flexibility index (Phi) is 9.26. The lowest BCUT2D eigenvalue weighted by Crippen LogP contribution is -2.13. The van der Waals surface area contributed by atoms with Crippen molar-refractivity contribution in [2.24, 2.45) is 0 Å². The summed E-state index contributed by atoms with van der Waals surface area (Å²) in [5, 5.41) is 7.47. The maximum atomic E-state index is 2.49. The Morgan fingerprint density at radius 2 is 0.770 bits per heavy atom. The largest absolute Gasteiger partial charge is 0.309 e. The summed E-state index contributed by atoms with van der Waals surface area (Å²) in [5.74, 6) is 0.